The Morgan fingerprint density at radius 3 is 2.58 bits per heavy atom. The third-order valence-electron chi connectivity index (χ3n) is 7.46. The number of hydrogen-bond acceptors (Lipinski definition) is 5. The van der Waals surface area contributed by atoms with Crippen molar-refractivity contribution in [3.05, 3.63) is 78.7 Å². The monoisotopic (exact) mass is 513 g/mol. The number of halogens is 1. The molecule has 7 nitrogen and oxygen atoms in total. The zero-order valence-corrected chi connectivity index (χ0v) is 22.1. The van der Waals surface area contributed by atoms with Gasteiger partial charge in [-0.05, 0) is 56.7 Å². The molecule has 0 saturated carbocycles. The van der Waals surface area contributed by atoms with Crippen LogP contribution in [0.25, 0.3) is 0 Å². The lowest BCUT2D eigenvalue weighted by molar-refractivity contribution is 0.284. The van der Waals surface area contributed by atoms with Gasteiger partial charge in [-0.3, -0.25) is 0 Å². The summed E-state index contributed by atoms with van der Waals surface area (Å²) in [5.41, 5.74) is 1.77. The molecule has 0 aliphatic carbocycles. The van der Waals surface area contributed by atoms with Crippen LogP contribution < -0.4 is 4.90 Å². The van der Waals surface area contributed by atoms with Crippen LogP contribution in [0.4, 0.5) is 10.1 Å². The fourth-order valence-corrected chi connectivity index (χ4v) is 7.49. The molecule has 2 aliphatic heterocycles. The van der Waals surface area contributed by atoms with E-state index in [1.165, 1.54) is 4.31 Å². The molecule has 9 heteroatoms. The summed E-state index contributed by atoms with van der Waals surface area (Å²) in [6.07, 6.45) is 12.9. The molecule has 0 radical (unpaired) electrons. The molecule has 36 heavy (non-hydrogen) atoms. The van der Waals surface area contributed by atoms with E-state index in [1.807, 2.05) is 36.6 Å². The smallest absolute Gasteiger partial charge is 0.221 e. The van der Waals surface area contributed by atoms with E-state index in [-0.39, 0.29) is 18.4 Å². The number of hydrogen-bond donors (Lipinski definition) is 0. The number of piperidine rings is 1. The molecule has 0 unspecified atom stereocenters. The molecule has 2 saturated heterocycles. The van der Waals surface area contributed by atoms with Gasteiger partial charge in [-0.25, -0.2) is 12.8 Å². The van der Waals surface area contributed by atoms with Crippen LogP contribution in [0.15, 0.2) is 67.3 Å². The Hall–Kier alpha value is -2.78. The Morgan fingerprint density at radius 1 is 1.17 bits per heavy atom. The summed E-state index contributed by atoms with van der Waals surface area (Å²) in [6, 6.07) is 5.30. The van der Waals surface area contributed by atoms with Crippen molar-refractivity contribution >= 4 is 15.7 Å². The molecular formula is C27H36FN5O2S. The summed E-state index contributed by atoms with van der Waals surface area (Å²) >= 11 is 0. The summed E-state index contributed by atoms with van der Waals surface area (Å²) < 4.78 is 45.7. The van der Waals surface area contributed by atoms with Gasteiger partial charge in [0, 0.05) is 43.0 Å². The van der Waals surface area contributed by atoms with Crippen LogP contribution in [-0.2, 0) is 16.6 Å². The zero-order valence-electron chi connectivity index (χ0n) is 21.3. The minimum atomic E-state index is -3.66. The van der Waals surface area contributed by atoms with Crippen molar-refractivity contribution in [1.82, 2.24) is 19.1 Å². The van der Waals surface area contributed by atoms with E-state index in [2.05, 4.69) is 28.6 Å². The third-order valence-corrected chi connectivity index (χ3v) is 9.86. The van der Waals surface area contributed by atoms with Crippen molar-refractivity contribution in [2.75, 3.05) is 18.0 Å². The lowest BCUT2D eigenvalue weighted by atomic mass is 9.93. The van der Waals surface area contributed by atoms with E-state index in [9.17, 15) is 8.42 Å². The van der Waals surface area contributed by atoms with Crippen LogP contribution in [0, 0.1) is 11.7 Å². The molecule has 2 aliphatic rings. The van der Waals surface area contributed by atoms with Crippen molar-refractivity contribution in [3.8, 4) is 0 Å². The van der Waals surface area contributed by atoms with Crippen LogP contribution in [0.1, 0.15) is 51.6 Å². The predicted octanol–water partition coefficient (Wildman–Crippen LogP) is 4.88. The van der Waals surface area contributed by atoms with E-state index in [0.29, 0.717) is 35.9 Å². The highest BCUT2D eigenvalue weighted by Gasteiger charge is 2.40. The maximum Gasteiger partial charge on any atom is 0.221 e. The molecule has 194 valence electrons. The number of aromatic nitrogens is 3. The second kappa shape index (κ2) is 11.1. The van der Waals surface area contributed by atoms with Crippen molar-refractivity contribution in [1.29, 1.82) is 0 Å². The largest absolute Gasteiger partial charge is 0.371 e. The van der Waals surface area contributed by atoms with Gasteiger partial charge in [0.25, 0.3) is 0 Å². The lowest BCUT2D eigenvalue weighted by Gasteiger charge is -2.39. The number of sulfonamides is 1. The van der Waals surface area contributed by atoms with Crippen molar-refractivity contribution in [2.24, 2.45) is 5.92 Å². The number of benzene rings is 1. The molecule has 4 atom stereocenters. The fraction of sp³-hybridized carbons (Fsp3) is 0.481. The van der Waals surface area contributed by atoms with Crippen molar-refractivity contribution < 1.29 is 12.8 Å². The summed E-state index contributed by atoms with van der Waals surface area (Å²) in [5.74, 6) is -0.0267. The summed E-state index contributed by atoms with van der Waals surface area (Å²) in [6.45, 7) is 11.6. The minimum Gasteiger partial charge on any atom is -0.371 e. The maximum atomic E-state index is 15.3. The zero-order chi connectivity index (χ0) is 25.9. The molecule has 0 amide bonds. The molecule has 0 N–H and O–H groups in total. The first-order chi connectivity index (χ1) is 17.2. The fourth-order valence-electron chi connectivity index (χ4n) is 5.34. The number of rotatable bonds is 7. The third kappa shape index (κ3) is 5.47. The second-order valence-corrected chi connectivity index (χ2v) is 12.0. The molecule has 0 bridgehead atoms. The van der Waals surface area contributed by atoms with Gasteiger partial charge in [-0.1, -0.05) is 43.9 Å². The van der Waals surface area contributed by atoms with Crippen LogP contribution >= 0.6 is 0 Å². The van der Waals surface area contributed by atoms with E-state index in [4.69, 9.17) is 0 Å². The Morgan fingerprint density at radius 2 is 1.92 bits per heavy atom. The van der Waals surface area contributed by atoms with Crippen molar-refractivity contribution in [2.45, 2.75) is 63.9 Å². The first kappa shape index (κ1) is 26.3. The van der Waals surface area contributed by atoms with Gasteiger partial charge in [0.05, 0.1) is 0 Å². The van der Waals surface area contributed by atoms with E-state index < -0.39 is 15.3 Å². The van der Waals surface area contributed by atoms with Crippen LogP contribution in [0.5, 0.6) is 0 Å². The quantitative estimate of drug-likeness (QED) is 0.494. The lowest BCUT2D eigenvalue weighted by Crippen LogP contribution is -2.48. The minimum absolute atomic E-state index is 0.0179. The van der Waals surface area contributed by atoms with Gasteiger partial charge in [0.2, 0.25) is 10.0 Å². The van der Waals surface area contributed by atoms with Gasteiger partial charge in [0.15, 0.2) is 0 Å². The van der Waals surface area contributed by atoms with Gasteiger partial charge in [0.1, 0.15) is 23.7 Å². The van der Waals surface area contributed by atoms with Crippen molar-refractivity contribution in [3.63, 3.8) is 0 Å². The normalized spacial score (nSPS) is 27.2. The van der Waals surface area contributed by atoms with Gasteiger partial charge in [-0.15, -0.1) is 10.2 Å². The average Bonchev–Trinajstić information content (AvgIpc) is 3.37. The number of nitrogens with zero attached hydrogens (tertiary/aromatic N) is 5. The first-order valence-electron chi connectivity index (χ1n) is 12.6. The second-order valence-electron chi connectivity index (χ2n) is 9.93. The summed E-state index contributed by atoms with van der Waals surface area (Å²) in [7, 11) is -3.66. The van der Waals surface area contributed by atoms with E-state index in [0.717, 1.165) is 25.2 Å². The highest BCUT2D eigenvalue weighted by Crippen LogP contribution is 2.34. The van der Waals surface area contributed by atoms with E-state index in [1.54, 1.807) is 36.9 Å². The number of allylic oxidation sites excluding steroid dienone is 4. The summed E-state index contributed by atoms with van der Waals surface area (Å²) in [4.78, 5) is 2.19. The Kier molecular flexibility index (Phi) is 8.10. The molecule has 2 aromatic rings. The van der Waals surface area contributed by atoms with Crippen LogP contribution in [-0.4, -0.2) is 51.9 Å². The topological polar surface area (TPSA) is 71.3 Å². The van der Waals surface area contributed by atoms with Gasteiger partial charge in [-0.2, -0.15) is 4.31 Å². The standard InChI is InChI=1S/C27H36FN5O2S/c1-5-6-7-8-20(2)27-12-9-22(4)33(36(27,34)35)17-23-10-11-24(15-25(23)28)31-14-13-26(21(3)16-31)32-18-29-30-19-32/h5-8,10-11,15,18-19,21-22,26-27H,2,9,12-14,16-17H2,1,3-4H3/b6-5-,8-7-/t21-,22-,26+,27+/m0/s1. The molecule has 0 spiro atoms. The highest BCUT2D eigenvalue weighted by molar-refractivity contribution is 7.90. The van der Waals surface area contributed by atoms with Crippen LogP contribution in [0.2, 0.25) is 0 Å². The Bertz CT molecular complexity index is 1220. The van der Waals surface area contributed by atoms with E-state index >= 15 is 4.39 Å². The average molecular weight is 514 g/mol. The Labute approximate surface area is 214 Å². The maximum absolute atomic E-state index is 15.3. The summed E-state index contributed by atoms with van der Waals surface area (Å²) in [5, 5.41) is 7.14. The SMILES string of the molecule is C=C(/C=C\C=C/C)[C@H]1CC[C@H](C)N(Cc2ccc(N3CC[C@@H](n4cnnc4)[C@@H](C)C3)cc2F)S1(=O)=O. The molecule has 1 aromatic heterocycles. The first-order valence-corrected chi connectivity index (χ1v) is 14.1. The van der Waals surface area contributed by atoms with Gasteiger partial charge < -0.3 is 9.47 Å². The van der Waals surface area contributed by atoms with Crippen LogP contribution in [0.3, 0.4) is 0 Å². The highest BCUT2D eigenvalue weighted by atomic mass is 32.2. The Balaban J connectivity index is 1.47. The molecule has 4 rings (SSSR count). The number of anilines is 1. The molecule has 1 aromatic carbocycles. The molecule has 3 heterocycles. The van der Waals surface area contributed by atoms with Gasteiger partial charge >= 0.3 is 0 Å². The molecule has 2 fully saturated rings. The molecular weight excluding hydrogens is 477 g/mol. The predicted molar refractivity (Wildman–Crippen MR) is 141 cm³/mol.